The molecule has 1 fully saturated rings. The molecule has 0 aliphatic carbocycles. The van der Waals surface area contributed by atoms with E-state index in [1.54, 1.807) is 11.0 Å². The first-order valence-electron chi connectivity index (χ1n) is 8.64. The van der Waals surface area contributed by atoms with Crippen LogP contribution in [0, 0.1) is 5.82 Å². The lowest BCUT2D eigenvalue weighted by Crippen LogP contribution is -2.42. The van der Waals surface area contributed by atoms with Crippen molar-refractivity contribution in [2.24, 2.45) is 0 Å². The molecule has 0 spiro atoms. The second kappa shape index (κ2) is 8.51. The van der Waals surface area contributed by atoms with Crippen LogP contribution < -0.4 is 10.2 Å². The van der Waals surface area contributed by atoms with Crippen LogP contribution in [0.15, 0.2) is 36.4 Å². The van der Waals surface area contributed by atoms with Gasteiger partial charge in [-0.1, -0.05) is 12.1 Å². The minimum atomic E-state index is -1.80. The van der Waals surface area contributed by atoms with Gasteiger partial charge in [0, 0.05) is 17.7 Å². The number of hydrogen-bond acceptors (Lipinski definition) is 6. The third-order valence-corrected chi connectivity index (χ3v) is 4.64. The highest BCUT2D eigenvalue weighted by Gasteiger charge is 2.27. The molecule has 1 unspecified atom stereocenters. The number of carbonyl (C=O) groups excluding carboxylic acids is 2. The monoisotopic (exact) mass is 387 g/mol. The van der Waals surface area contributed by atoms with Crippen molar-refractivity contribution < 1.29 is 33.5 Å². The van der Waals surface area contributed by atoms with Crippen molar-refractivity contribution in [1.29, 1.82) is 0 Å². The van der Waals surface area contributed by atoms with Gasteiger partial charge in [-0.05, 0) is 35.3 Å². The molecule has 1 aliphatic heterocycles. The van der Waals surface area contributed by atoms with Gasteiger partial charge in [-0.25, -0.2) is 4.39 Å². The van der Waals surface area contributed by atoms with Gasteiger partial charge in [0.2, 0.25) is 0 Å². The van der Waals surface area contributed by atoms with Crippen LogP contribution in [0.2, 0.25) is 0 Å². The van der Waals surface area contributed by atoms with Gasteiger partial charge in [0.15, 0.2) is 11.6 Å². The Morgan fingerprint density at radius 2 is 2.11 bits per heavy atom. The minimum absolute atomic E-state index is 0.0322. The zero-order valence-corrected chi connectivity index (χ0v) is 15.2. The first-order valence-corrected chi connectivity index (χ1v) is 8.64. The summed E-state index contributed by atoms with van der Waals surface area (Å²) in [6.07, 6.45) is 0.0228. The first-order chi connectivity index (χ1) is 13.4. The highest BCUT2D eigenvalue weighted by Crippen LogP contribution is 2.28. The van der Waals surface area contributed by atoms with E-state index in [1.165, 1.54) is 37.4 Å². The lowest BCUT2D eigenvalue weighted by Gasteiger charge is -2.33. The number of hydrogen-bond donors (Lipinski definition) is 2. The Hall–Kier alpha value is -2.75. The molecule has 1 amide bonds. The summed E-state index contributed by atoms with van der Waals surface area (Å²) in [5, 5.41) is 18.6. The zero-order chi connectivity index (χ0) is 20.3. The third-order valence-electron chi connectivity index (χ3n) is 4.64. The Balaban J connectivity index is 1.80. The summed E-state index contributed by atoms with van der Waals surface area (Å²) in [7, 11) is -0.428. The molecule has 1 aliphatic rings. The SMILES string of the molecule is COc1cc(C2CN(C(=O)c3ccc(B(O)O)c(C=O)c3)CCO2)ccc1F. The number of aldehydes is 1. The average molecular weight is 387 g/mol. The quantitative estimate of drug-likeness (QED) is 0.575. The van der Waals surface area contributed by atoms with E-state index >= 15 is 0 Å². The zero-order valence-electron chi connectivity index (χ0n) is 15.2. The lowest BCUT2D eigenvalue weighted by molar-refractivity contribution is -0.0229. The van der Waals surface area contributed by atoms with E-state index in [2.05, 4.69) is 0 Å². The molecule has 146 valence electrons. The molecule has 7 nitrogen and oxygen atoms in total. The largest absolute Gasteiger partial charge is 0.494 e. The van der Waals surface area contributed by atoms with Crippen LogP contribution in [-0.2, 0) is 4.74 Å². The molecule has 2 aromatic rings. The highest BCUT2D eigenvalue weighted by atomic mass is 19.1. The fraction of sp³-hybridized carbons (Fsp3) is 0.263. The highest BCUT2D eigenvalue weighted by molar-refractivity contribution is 6.60. The lowest BCUT2D eigenvalue weighted by atomic mass is 9.77. The van der Waals surface area contributed by atoms with E-state index in [-0.39, 0.29) is 34.8 Å². The fourth-order valence-electron chi connectivity index (χ4n) is 3.14. The van der Waals surface area contributed by atoms with E-state index in [4.69, 9.17) is 9.47 Å². The van der Waals surface area contributed by atoms with E-state index in [0.717, 1.165) is 0 Å². The summed E-state index contributed by atoms with van der Waals surface area (Å²) in [5.74, 6) is -0.703. The number of morpholine rings is 1. The van der Waals surface area contributed by atoms with E-state index in [9.17, 15) is 24.0 Å². The molecule has 0 saturated carbocycles. The van der Waals surface area contributed by atoms with Gasteiger partial charge < -0.3 is 24.4 Å². The molecule has 2 aromatic carbocycles. The number of carbonyl (C=O) groups is 2. The summed E-state index contributed by atoms with van der Waals surface area (Å²) < 4.78 is 24.3. The number of methoxy groups -OCH3 is 1. The van der Waals surface area contributed by atoms with Gasteiger partial charge in [-0.3, -0.25) is 9.59 Å². The topological polar surface area (TPSA) is 96.3 Å². The standard InChI is InChI=1S/C19H19BFNO6/c1-27-17-9-12(3-5-16(17)21)18-10-22(6-7-28-18)19(24)13-2-4-15(20(25)26)14(8-13)11-23/h2-5,8-9,11,18,25-26H,6-7,10H2,1H3. The molecule has 1 heterocycles. The Labute approximate surface area is 161 Å². The van der Waals surface area contributed by atoms with Crippen molar-refractivity contribution in [2.45, 2.75) is 6.10 Å². The van der Waals surface area contributed by atoms with Gasteiger partial charge in [0.1, 0.15) is 12.4 Å². The van der Waals surface area contributed by atoms with E-state index in [0.29, 0.717) is 25.0 Å². The summed E-state index contributed by atoms with van der Waals surface area (Å²) in [5.41, 5.74) is 1.01. The molecule has 2 N–H and O–H groups in total. The second-order valence-corrected chi connectivity index (χ2v) is 6.34. The van der Waals surface area contributed by atoms with Crippen LogP contribution in [-0.4, -0.2) is 61.1 Å². The molecule has 0 bridgehead atoms. The van der Waals surface area contributed by atoms with Gasteiger partial charge in [-0.2, -0.15) is 0 Å². The Bertz CT molecular complexity index is 891. The molecule has 3 rings (SSSR count). The summed E-state index contributed by atoms with van der Waals surface area (Å²) in [6, 6.07) is 8.51. The third kappa shape index (κ3) is 4.06. The number of ether oxygens (including phenoxy) is 2. The maximum absolute atomic E-state index is 13.6. The van der Waals surface area contributed by atoms with Gasteiger partial charge in [-0.15, -0.1) is 0 Å². The van der Waals surface area contributed by atoms with Crippen LogP contribution in [0.25, 0.3) is 0 Å². The molecule has 9 heteroatoms. The summed E-state index contributed by atoms with van der Waals surface area (Å²) >= 11 is 0. The number of halogens is 1. The number of nitrogens with zero attached hydrogens (tertiary/aromatic N) is 1. The van der Waals surface area contributed by atoms with E-state index < -0.39 is 19.0 Å². The van der Waals surface area contributed by atoms with Crippen LogP contribution >= 0.6 is 0 Å². The summed E-state index contributed by atoms with van der Waals surface area (Å²) in [6.45, 7) is 0.896. The van der Waals surface area contributed by atoms with Gasteiger partial charge in [0.05, 0.1) is 20.3 Å². The predicted octanol–water partition coefficient (Wildman–Crippen LogP) is 0.540. The molecular formula is C19H19BFNO6. The van der Waals surface area contributed by atoms with Crippen LogP contribution in [0.5, 0.6) is 5.75 Å². The average Bonchev–Trinajstić information content (AvgIpc) is 2.73. The predicted molar refractivity (Wildman–Crippen MR) is 99.2 cm³/mol. The van der Waals surface area contributed by atoms with Crippen LogP contribution in [0.3, 0.4) is 0 Å². The second-order valence-electron chi connectivity index (χ2n) is 6.34. The maximum atomic E-state index is 13.6. The molecule has 1 saturated heterocycles. The minimum Gasteiger partial charge on any atom is -0.494 e. The van der Waals surface area contributed by atoms with Gasteiger partial charge >= 0.3 is 7.12 Å². The Morgan fingerprint density at radius 1 is 1.32 bits per heavy atom. The molecule has 1 atom stereocenters. The van der Waals surface area contributed by atoms with Gasteiger partial charge in [0.25, 0.3) is 5.91 Å². The summed E-state index contributed by atoms with van der Waals surface area (Å²) in [4.78, 5) is 25.6. The number of rotatable bonds is 5. The van der Waals surface area contributed by atoms with Crippen molar-refractivity contribution in [1.82, 2.24) is 4.90 Å². The molecular weight excluding hydrogens is 368 g/mol. The molecule has 0 aromatic heterocycles. The van der Waals surface area contributed by atoms with Crippen molar-refractivity contribution in [3.05, 3.63) is 58.9 Å². The fourth-order valence-corrected chi connectivity index (χ4v) is 3.14. The first kappa shape index (κ1) is 20.0. The van der Waals surface area contributed by atoms with Crippen molar-refractivity contribution in [3.8, 4) is 5.75 Å². The van der Waals surface area contributed by atoms with Crippen LogP contribution in [0.1, 0.15) is 32.4 Å². The Kier molecular flexibility index (Phi) is 6.08. The van der Waals surface area contributed by atoms with Crippen molar-refractivity contribution in [2.75, 3.05) is 26.8 Å². The number of amides is 1. The van der Waals surface area contributed by atoms with Crippen molar-refractivity contribution in [3.63, 3.8) is 0 Å². The van der Waals surface area contributed by atoms with Crippen LogP contribution in [0.4, 0.5) is 4.39 Å². The van der Waals surface area contributed by atoms with E-state index in [1.807, 2.05) is 0 Å². The number of benzene rings is 2. The molecule has 28 heavy (non-hydrogen) atoms. The Morgan fingerprint density at radius 3 is 2.79 bits per heavy atom. The normalized spacial score (nSPS) is 16.6. The van der Waals surface area contributed by atoms with Crippen molar-refractivity contribution >= 4 is 24.8 Å². The maximum Gasteiger partial charge on any atom is 0.489 e. The smallest absolute Gasteiger partial charge is 0.489 e. The molecule has 0 radical (unpaired) electrons.